The minimum atomic E-state index is -3.44. The maximum absolute atomic E-state index is 14.6. The molecule has 1 aromatic rings. The number of nitrogens with one attached hydrogen (secondary N) is 1. The summed E-state index contributed by atoms with van der Waals surface area (Å²) in [5, 5.41) is 2.50. The van der Waals surface area contributed by atoms with Gasteiger partial charge in [-0.2, -0.15) is 0 Å². The van der Waals surface area contributed by atoms with Crippen LogP contribution >= 0.6 is 0 Å². The van der Waals surface area contributed by atoms with E-state index >= 15 is 0 Å². The number of halogens is 1. The third kappa shape index (κ3) is 6.19. The molecule has 0 saturated carbocycles. The highest BCUT2D eigenvalue weighted by atomic mass is 32.2. The predicted octanol–water partition coefficient (Wildman–Crippen LogP) is 3.99. The maximum atomic E-state index is 14.6. The van der Waals surface area contributed by atoms with Gasteiger partial charge in [0.25, 0.3) is 0 Å². The van der Waals surface area contributed by atoms with Crippen molar-refractivity contribution < 1.29 is 17.6 Å². The van der Waals surface area contributed by atoms with E-state index in [1.807, 2.05) is 6.92 Å². The van der Waals surface area contributed by atoms with Gasteiger partial charge in [0.05, 0.1) is 11.4 Å². The fraction of sp³-hybridized carbons (Fsp3) is 0.650. The van der Waals surface area contributed by atoms with E-state index in [1.165, 1.54) is 6.07 Å². The molecule has 1 amide bonds. The second kappa shape index (κ2) is 9.53. The first-order valence-corrected chi connectivity index (χ1v) is 11.6. The van der Waals surface area contributed by atoms with Crippen molar-refractivity contribution in [3.05, 3.63) is 24.0 Å². The molecule has 0 aromatic heterocycles. The van der Waals surface area contributed by atoms with E-state index in [0.29, 0.717) is 24.1 Å². The van der Waals surface area contributed by atoms with Gasteiger partial charge in [0, 0.05) is 18.3 Å². The summed E-state index contributed by atoms with van der Waals surface area (Å²) in [5.74, 6) is -1.15. The van der Waals surface area contributed by atoms with Gasteiger partial charge in [-0.3, -0.25) is 4.79 Å². The molecule has 1 atom stereocenters. The minimum Gasteiger partial charge on any atom is -0.366 e. The molecule has 0 aliphatic carbocycles. The number of unbranched alkanes of at least 4 members (excludes halogenated alkanes) is 2. The molecule has 27 heavy (non-hydrogen) atoms. The Morgan fingerprint density at radius 1 is 1.33 bits per heavy atom. The Labute approximate surface area is 162 Å². The normalized spacial score (nSPS) is 17.5. The summed E-state index contributed by atoms with van der Waals surface area (Å²) < 4.78 is 38.5. The number of hydrogen-bond acceptors (Lipinski definition) is 4. The number of rotatable bonds is 9. The van der Waals surface area contributed by atoms with Crippen molar-refractivity contribution in [2.45, 2.75) is 58.9 Å². The topological polar surface area (TPSA) is 66.5 Å². The van der Waals surface area contributed by atoms with Crippen molar-refractivity contribution in [3.8, 4) is 0 Å². The average Bonchev–Trinajstić information content (AvgIpc) is 3.04. The number of nitrogens with zero attached hydrogens (tertiary/aromatic N) is 1. The lowest BCUT2D eigenvalue weighted by Gasteiger charge is -2.30. The summed E-state index contributed by atoms with van der Waals surface area (Å²) >= 11 is 0. The van der Waals surface area contributed by atoms with Gasteiger partial charge in [-0.25, -0.2) is 12.8 Å². The summed E-state index contributed by atoms with van der Waals surface area (Å²) in [4.78, 5) is 14.1. The molecule has 1 fully saturated rings. The zero-order valence-electron chi connectivity index (χ0n) is 16.5. The largest absolute Gasteiger partial charge is 0.366 e. The van der Waals surface area contributed by atoms with Gasteiger partial charge in [-0.15, -0.1) is 0 Å². The van der Waals surface area contributed by atoms with Crippen molar-refractivity contribution in [2.75, 3.05) is 28.3 Å². The first-order chi connectivity index (χ1) is 12.7. The Hall–Kier alpha value is -1.63. The van der Waals surface area contributed by atoms with Crippen LogP contribution in [0.3, 0.4) is 0 Å². The Balaban J connectivity index is 2.00. The average molecular weight is 399 g/mol. The molecule has 0 spiro atoms. The molecule has 0 radical (unpaired) electrons. The molecule has 7 heteroatoms. The molecule has 1 aliphatic heterocycles. The van der Waals surface area contributed by atoms with Gasteiger partial charge in [-0.1, -0.05) is 33.6 Å². The SMILES string of the molecule is CCCCCS(=O)(=O)CC(=O)Nc1ccc(N2CCCC2C(C)C)c(F)c1. The second-order valence-corrected chi connectivity index (χ2v) is 9.84. The molecule has 1 N–H and O–H groups in total. The number of amides is 1. The lowest BCUT2D eigenvalue weighted by Crippen LogP contribution is -2.34. The van der Waals surface area contributed by atoms with E-state index in [1.54, 1.807) is 12.1 Å². The zero-order valence-corrected chi connectivity index (χ0v) is 17.3. The van der Waals surface area contributed by atoms with Gasteiger partial charge >= 0.3 is 0 Å². The van der Waals surface area contributed by atoms with Crippen LogP contribution in [0.15, 0.2) is 18.2 Å². The molecule has 152 valence electrons. The van der Waals surface area contributed by atoms with Crippen LogP contribution in [0.2, 0.25) is 0 Å². The van der Waals surface area contributed by atoms with Crippen LogP contribution in [0.4, 0.5) is 15.8 Å². The van der Waals surface area contributed by atoms with Crippen LogP contribution in [0.5, 0.6) is 0 Å². The van der Waals surface area contributed by atoms with Crippen LogP contribution in [0.25, 0.3) is 0 Å². The van der Waals surface area contributed by atoms with Crippen LogP contribution in [-0.4, -0.2) is 38.4 Å². The van der Waals surface area contributed by atoms with Crippen LogP contribution in [0, 0.1) is 11.7 Å². The van der Waals surface area contributed by atoms with Gasteiger partial charge in [0.15, 0.2) is 9.84 Å². The smallest absolute Gasteiger partial charge is 0.239 e. The lowest BCUT2D eigenvalue weighted by molar-refractivity contribution is -0.113. The summed E-state index contributed by atoms with van der Waals surface area (Å²) in [6, 6.07) is 4.89. The molecule has 0 bridgehead atoms. The number of benzene rings is 1. The van der Waals surface area contributed by atoms with Crippen molar-refractivity contribution >= 4 is 27.1 Å². The molecule has 1 aromatic carbocycles. The van der Waals surface area contributed by atoms with Crippen molar-refractivity contribution in [1.82, 2.24) is 0 Å². The van der Waals surface area contributed by atoms with Gasteiger partial charge < -0.3 is 10.2 Å². The van der Waals surface area contributed by atoms with E-state index in [-0.39, 0.29) is 11.4 Å². The number of carbonyl (C=O) groups is 1. The van der Waals surface area contributed by atoms with E-state index in [2.05, 4.69) is 24.1 Å². The number of anilines is 2. The quantitative estimate of drug-likeness (QED) is 0.639. The third-order valence-electron chi connectivity index (χ3n) is 5.02. The summed E-state index contributed by atoms with van der Waals surface area (Å²) in [7, 11) is -3.44. The summed E-state index contributed by atoms with van der Waals surface area (Å²) in [6.45, 7) is 7.08. The molecule has 2 rings (SSSR count). The van der Waals surface area contributed by atoms with Crippen molar-refractivity contribution in [3.63, 3.8) is 0 Å². The first-order valence-electron chi connectivity index (χ1n) is 9.80. The first kappa shape index (κ1) is 21.7. The Bertz CT molecular complexity index is 750. The molecule has 5 nitrogen and oxygen atoms in total. The number of sulfone groups is 1. The molecule has 1 unspecified atom stereocenters. The number of carbonyl (C=O) groups excluding carboxylic acids is 1. The molecular weight excluding hydrogens is 367 g/mol. The van der Waals surface area contributed by atoms with Crippen molar-refractivity contribution in [1.29, 1.82) is 0 Å². The standard InChI is InChI=1S/C20H31FN2O3S/c1-4-5-6-12-27(25,26)14-20(24)22-16-9-10-19(17(21)13-16)23-11-7-8-18(23)15(2)3/h9-10,13,15,18H,4-8,11-12,14H2,1-3H3,(H,22,24). The highest BCUT2D eigenvalue weighted by molar-refractivity contribution is 7.92. The molecule has 1 aliphatic rings. The molecular formula is C20H31FN2O3S. The maximum Gasteiger partial charge on any atom is 0.239 e. The summed E-state index contributed by atoms with van der Waals surface area (Å²) in [6.07, 6.45) is 4.38. The highest BCUT2D eigenvalue weighted by Gasteiger charge is 2.29. The Morgan fingerprint density at radius 2 is 2.07 bits per heavy atom. The van der Waals surface area contributed by atoms with Crippen LogP contribution < -0.4 is 10.2 Å². The molecule has 1 heterocycles. The predicted molar refractivity (Wildman–Crippen MR) is 108 cm³/mol. The van der Waals surface area contributed by atoms with Crippen molar-refractivity contribution in [2.24, 2.45) is 5.92 Å². The number of hydrogen-bond donors (Lipinski definition) is 1. The van der Waals surface area contributed by atoms with E-state index in [9.17, 15) is 17.6 Å². The highest BCUT2D eigenvalue weighted by Crippen LogP contribution is 2.32. The minimum absolute atomic E-state index is 0.00705. The van der Waals surface area contributed by atoms with E-state index < -0.39 is 27.3 Å². The second-order valence-electron chi connectivity index (χ2n) is 7.66. The van der Waals surface area contributed by atoms with Gasteiger partial charge in [0.1, 0.15) is 11.6 Å². The Kier molecular flexibility index (Phi) is 7.65. The molecule has 1 saturated heterocycles. The van der Waals surface area contributed by atoms with Crippen LogP contribution in [0.1, 0.15) is 52.9 Å². The van der Waals surface area contributed by atoms with Gasteiger partial charge in [-0.05, 0) is 43.4 Å². The fourth-order valence-corrected chi connectivity index (χ4v) is 4.90. The van der Waals surface area contributed by atoms with Crippen LogP contribution in [-0.2, 0) is 14.6 Å². The lowest BCUT2D eigenvalue weighted by atomic mass is 10.0. The van der Waals surface area contributed by atoms with E-state index in [4.69, 9.17) is 0 Å². The third-order valence-corrected chi connectivity index (χ3v) is 6.63. The summed E-state index contributed by atoms with van der Waals surface area (Å²) in [5.41, 5.74) is 0.821. The zero-order chi connectivity index (χ0) is 20.0. The Morgan fingerprint density at radius 3 is 2.70 bits per heavy atom. The fourth-order valence-electron chi connectivity index (χ4n) is 3.64. The monoisotopic (exact) mass is 398 g/mol. The van der Waals surface area contributed by atoms with Gasteiger partial charge in [0.2, 0.25) is 5.91 Å². The van der Waals surface area contributed by atoms with E-state index in [0.717, 1.165) is 32.2 Å².